The molecule has 0 saturated heterocycles. The molecule has 0 amide bonds. The Morgan fingerprint density at radius 1 is 1.14 bits per heavy atom. The van der Waals surface area contributed by atoms with Crippen molar-refractivity contribution in [2.75, 3.05) is 17.7 Å². The van der Waals surface area contributed by atoms with E-state index in [4.69, 9.17) is 0 Å². The summed E-state index contributed by atoms with van der Waals surface area (Å²) in [5.74, 6) is -0.865. The van der Waals surface area contributed by atoms with Crippen LogP contribution in [0.25, 0.3) is 11.2 Å². The summed E-state index contributed by atoms with van der Waals surface area (Å²) in [5.41, 5.74) is 1.57. The number of aromatic nitrogens is 5. The molecular weight excluding hydrogens is 478 g/mol. The van der Waals surface area contributed by atoms with Gasteiger partial charge in [0.25, 0.3) is 0 Å². The maximum absolute atomic E-state index is 13.7. The molecule has 0 radical (unpaired) electrons. The Hall–Kier alpha value is -2.41. The number of rotatable bonds is 9. The standard InChI is InChI=1S/C23H28F2N6O3S/c1-2-3-6-35-23-27-21(26-16-9-13(16)11-4-5-14(24)15(25)7-11)18-22(28-23)31(30-29-18)17-8-12(10-32)19(33)20(17)34/h4-5,7,12-13,16-17,19-20,32-34H,2-3,6,8-10H2,1H3,(H,26,27,28)/t12-,13+,16-,17-,19-,20+/m1/s1. The molecule has 188 valence electrons. The molecule has 0 bridgehead atoms. The van der Waals surface area contributed by atoms with Crippen LogP contribution in [0, 0.1) is 17.6 Å². The Bertz CT molecular complexity index is 1210. The fourth-order valence-electron chi connectivity index (χ4n) is 4.67. The van der Waals surface area contributed by atoms with Crippen LogP contribution in [0.4, 0.5) is 14.6 Å². The monoisotopic (exact) mass is 506 g/mol. The molecule has 4 N–H and O–H groups in total. The van der Waals surface area contributed by atoms with E-state index >= 15 is 0 Å². The van der Waals surface area contributed by atoms with Crippen molar-refractivity contribution in [2.24, 2.45) is 5.92 Å². The van der Waals surface area contributed by atoms with Gasteiger partial charge in [0.05, 0.1) is 12.1 Å². The van der Waals surface area contributed by atoms with Gasteiger partial charge in [0.2, 0.25) is 0 Å². The van der Waals surface area contributed by atoms with Crippen LogP contribution >= 0.6 is 11.8 Å². The second kappa shape index (κ2) is 9.92. The SMILES string of the molecule is CCCCSc1nc(N[C@@H]2C[C@H]2c2ccc(F)c(F)c2)c2nnn([C@@H]3C[C@H](CO)[C@@H](O)[C@H]3O)c2n1. The first kappa shape index (κ1) is 24.3. The summed E-state index contributed by atoms with van der Waals surface area (Å²) >= 11 is 1.51. The van der Waals surface area contributed by atoms with Crippen molar-refractivity contribution < 1.29 is 24.1 Å². The van der Waals surface area contributed by atoms with Gasteiger partial charge in [-0.15, -0.1) is 5.10 Å². The van der Waals surface area contributed by atoms with E-state index in [0.717, 1.165) is 31.1 Å². The average Bonchev–Trinajstić information content (AvgIpc) is 3.39. The molecule has 3 aromatic rings. The van der Waals surface area contributed by atoms with Gasteiger partial charge in [-0.25, -0.2) is 23.4 Å². The van der Waals surface area contributed by atoms with Crippen molar-refractivity contribution in [3.63, 3.8) is 0 Å². The van der Waals surface area contributed by atoms with Crippen LogP contribution in [0.5, 0.6) is 0 Å². The van der Waals surface area contributed by atoms with Gasteiger partial charge in [-0.3, -0.25) is 0 Å². The van der Waals surface area contributed by atoms with Gasteiger partial charge in [-0.2, -0.15) is 0 Å². The number of aliphatic hydroxyl groups is 3. The van der Waals surface area contributed by atoms with E-state index in [9.17, 15) is 24.1 Å². The van der Waals surface area contributed by atoms with Crippen molar-refractivity contribution >= 4 is 28.7 Å². The van der Waals surface area contributed by atoms with Gasteiger partial charge in [0.15, 0.2) is 33.8 Å². The molecule has 35 heavy (non-hydrogen) atoms. The normalized spacial score (nSPS) is 28.1. The van der Waals surface area contributed by atoms with E-state index in [1.54, 1.807) is 6.07 Å². The van der Waals surface area contributed by atoms with E-state index in [2.05, 4.69) is 32.5 Å². The van der Waals surface area contributed by atoms with Gasteiger partial charge in [-0.1, -0.05) is 36.4 Å². The Morgan fingerprint density at radius 3 is 2.69 bits per heavy atom. The Morgan fingerprint density at radius 2 is 1.97 bits per heavy atom. The first-order valence-corrected chi connectivity index (χ1v) is 12.8. The summed E-state index contributed by atoms with van der Waals surface area (Å²) in [7, 11) is 0. The third-order valence-corrected chi connectivity index (χ3v) is 7.77. The third kappa shape index (κ3) is 4.72. The average molecular weight is 507 g/mol. The number of unbranched alkanes of at least 4 members (excludes halogenated alkanes) is 1. The minimum absolute atomic E-state index is 0.0125. The van der Waals surface area contributed by atoms with Crippen LogP contribution in [0.1, 0.15) is 50.1 Å². The third-order valence-electron chi connectivity index (χ3n) is 6.84. The molecule has 5 rings (SSSR count). The van der Waals surface area contributed by atoms with Crippen molar-refractivity contribution in [3.8, 4) is 0 Å². The van der Waals surface area contributed by atoms with E-state index < -0.39 is 35.8 Å². The highest BCUT2D eigenvalue weighted by atomic mass is 32.2. The van der Waals surface area contributed by atoms with Gasteiger partial charge in [0, 0.05) is 30.2 Å². The molecule has 2 heterocycles. The first-order chi connectivity index (χ1) is 16.9. The minimum Gasteiger partial charge on any atom is -0.396 e. The van der Waals surface area contributed by atoms with Gasteiger partial charge >= 0.3 is 0 Å². The maximum atomic E-state index is 13.7. The lowest BCUT2D eigenvalue weighted by Gasteiger charge is -2.17. The molecule has 2 aliphatic carbocycles. The second-order valence-corrected chi connectivity index (χ2v) is 10.3. The molecule has 0 unspecified atom stereocenters. The molecule has 6 atom stereocenters. The van der Waals surface area contributed by atoms with Crippen LogP contribution in [0.3, 0.4) is 0 Å². The van der Waals surface area contributed by atoms with Crippen molar-refractivity contribution in [3.05, 3.63) is 35.4 Å². The van der Waals surface area contributed by atoms with Crippen LogP contribution in [0.2, 0.25) is 0 Å². The van der Waals surface area contributed by atoms with E-state index in [-0.39, 0.29) is 18.6 Å². The topological polar surface area (TPSA) is 129 Å². The van der Waals surface area contributed by atoms with Crippen LogP contribution < -0.4 is 5.32 Å². The van der Waals surface area contributed by atoms with Crippen molar-refractivity contribution in [2.45, 2.75) is 68.0 Å². The zero-order valence-corrected chi connectivity index (χ0v) is 20.0. The fraction of sp³-hybridized carbons (Fsp3) is 0.565. The first-order valence-electron chi connectivity index (χ1n) is 11.9. The summed E-state index contributed by atoms with van der Waals surface area (Å²) in [4.78, 5) is 9.31. The molecule has 2 saturated carbocycles. The smallest absolute Gasteiger partial charge is 0.191 e. The number of thioether (sulfide) groups is 1. The second-order valence-electron chi connectivity index (χ2n) is 9.26. The van der Waals surface area contributed by atoms with Gasteiger partial charge in [-0.05, 0) is 37.0 Å². The molecule has 0 spiro atoms. The van der Waals surface area contributed by atoms with Gasteiger partial charge < -0.3 is 20.6 Å². The van der Waals surface area contributed by atoms with Crippen LogP contribution in [0.15, 0.2) is 23.4 Å². The summed E-state index contributed by atoms with van der Waals surface area (Å²) < 4.78 is 28.5. The van der Waals surface area contributed by atoms with Crippen LogP contribution in [-0.4, -0.2) is 70.9 Å². The fourth-order valence-corrected chi connectivity index (χ4v) is 5.59. The number of fused-ring (bicyclic) bond motifs is 1. The van der Waals surface area contributed by atoms with E-state index in [0.29, 0.717) is 34.1 Å². The van der Waals surface area contributed by atoms with E-state index in [1.807, 2.05) is 0 Å². The number of nitrogens with zero attached hydrogens (tertiary/aromatic N) is 5. The van der Waals surface area contributed by atoms with E-state index in [1.165, 1.54) is 22.5 Å². The molecule has 2 aliphatic rings. The molecular formula is C23H28F2N6O3S. The Balaban J connectivity index is 1.44. The number of nitrogens with one attached hydrogen (secondary N) is 1. The molecule has 9 nitrogen and oxygen atoms in total. The summed E-state index contributed by atoms with van der Waals surface area (Å²) in [6.45, 7) is 1.86. The van der Waals surface area contributed by atoms with Crippen molar-refractivity contribution in [1.29, 1.82) is 0 Å². The predicted molar refractivity (Wildman–Crippen MR) is 126 cm³/mol. The Kier molecular flexibility index (Phi) is 6.88. The lowest BCUT2D eigenvalue weighted by Crippen LogP contribution is -2.30. The Labute approximate surface area is 205 Å². The highest BCUT2D eigenvalue weighted by molar-refractivity contribution is 7.99. The number of hydrogen-bond donors (Lipinski definition) is 4. The van der Waals surface area contributed by atoms with Crippen LogP contribution in [-0.2, 0) is 0 Å². The molecule has 2 fully saturated rings. The summed E-state index contributed by atoms with van der Waals surface area (Å²) in [6.07, 6.45) is 0.926. The largest absolute Gasteiger partial charge is 0.396 e. The van der Waals surface area contributed by atoms with Crippen molar-refractivity contribution in [1.82, 2.24) is 25.0 Å². The molecule has 0 aliphatic heterocycles. The highest BCUT2D eigenvalue weighted by Crippen LogP contribution is 2.44. The number of anilines is 1. The summed E-state index contributed by atoms with van der Waals surface area (Å²) in [6, 6.07) is 3.34. The minimum atomic E-state index is -1.11. The zero-order chi connectivity index (χ0) is 24.7. The lowest BCUT2D eigenvalue weighted by atomic mass is 10.1. The maximum Gasteiger partial charge on any atom is 0.191 e. The summed E-state index contributed by atoms with van der Waals surface area (Å²) in [5, 5.41) is 42.8. The molecule has 2 aromatic heterocycles. The number of halogens is 2. The highest BCUT2D eigenvalue weighted by Gasteiger charge is 2.44. The predicted octanol–water partition coefficient (Wildman–Crippen LogP) is 2.63. The number of benzene rings is 1. The zero-order valence-electron chi connectivity index (χ0n) is 19.2. The molecule has 12 heteroatoms. The number of hydrogen-bond acceptors (Lipinski definition) is 9. The van der Waals surface area contributed by atoms with Gasteiger partial charge in [0.1, 0.15) is 6.10 Å². The molecule has 1 aromatic carbocycles. The lowest BCUT2D eigenvalue weighted by molar-refractivity contribution is -0.00512. The number of aliphatic hydroxyl groups excluding tert-OH is 3. The quantitative estimate of drug-likeness (QED) is 0.197.